The lowest BCUT2D eigenvalue weighted by atomic mass is 10.1. The molecule has 0 heterocycles. The van der Waals surface area contributed by atoms with Gasteiger partial charge in [-0.05, 0) is 42.0 Å². The fourth-order valence-corrected chi connectivity index (χ4v) is 2.34. The minimum absolute atomic E-state index is 0.312. The molecule has 0 aliphatic heterocycles. The van der Waals surface area contributed by atoms with E-state index in [9.17, 15) is 17.6 Å². The van der Waals surface area contributed by atoms with Crippen LogP contribution in [0.25, 0.3) is 0 Å². The van der Waals surface area contributed by atoms with Crippen LogP contribution in [0.1, 0.15) is 23.7 Å². The minimum Gasteiger partial charge on any atom is -0.486 e. The largest absolute Gasteiger partial charge is 0.486 e. The van der Waals surface area contributed by atoms with Crippen molar-refractivity contribution in [1.29, 1.82) is 0 Å². The summed E-state index contributed by atoms with van der Waals surface area (Å²) in [6, 6.07) is 13.7. The van der Waals surface area contributed by atoms with Crippen LogP contribution < -0.4 is 4.74 Å². The van der Waals surface area contributed by atoms with Crippen LogP contribution in [0, 0.1) is 0 Å². The van der Waals surface area contributed by atoms with Crippen LogP contribution in [0.3, 0.4) is 0 Å². The van der Waals surface area contributed by atoms with Gasteiger partial charge in [0, 0.05) is 20.0 Å². The smallest absolute Gasteiger partial charge is 0.416 e. The van der Waals surface area contributed by atoms with Crippen LogP contribution in [0.2, 0.25) is 0 Å². The van der Waals surface area contributed by atoms with Gasteiger partial charge >= 0.3 is 6.18 Å². The number of hydrogen-bond donors (Lipinski definition) is 0. The minimum atomic E-state index is -4.39. The summed E-state index contributed by atoms with van der Waals surface area (Å²) in [4.78, 5) is 1.28. The molecule has 0 saturated carbocycles. The number of thiocarbonyl (C=S) groups is 1. The highest BCUT2D eigenvalue weighted by Crippen LogP contribution is 2.32. The summed E-state index contributed by atoms with van der Waals surface area (Å²) >= 11 is 4.48. The van der Waals surface area contributed by atoms with Crippen molar-refractivity contribution in [1.82, 2.24) is 4.90 Å². The van der Waals surface area contributed by atoms with Crippen LogP contribution in [0.4, 0.5) is 17.6 Å². The zero-order valence-electron chi connectivity index (χ0n) is 13.5. The monoisotopic (exact) mass is 371 g/mol. The van der Waals surface area contributed by atoms with Gasteiger partial charge in [-0.1, -0.05) is 30.3 Å². The molecular weight excluding hydrogens is 354 g/mol. The highest BCUT2D eigenvalue weighted by Gasteiger charge is 2.30. The maximum absolute atomic E-state index is 13.0. The normalized spacial score (nSPS) is 12.5. The van der Waals surface area contributed by atoms with Crippen LogP contribution >= 0.6 is 12.2 Å². The van der Waals surface area contributed by atoms with E-state index in [-0.39, 0.29) is 0 Å². The molecule has 25 heavy (non-hydrogen) atoms. The number of alkyl halides is 3. The topological polar surface area (TPSA) is 12.5 Å². The Balaban J connectivity index is 2.14. The quantitative estimate of drug-likeness (QED) is 0.292. The number of halogens is 4. The summed E-state index contributed by atoms with van der Waals surface area (Å²) in [5, 5.41) is -0.721. The second-order valence-electron chi connectivity index (χ2n) is 5.50. The third kappa shape index (κ3) is 5.70. The lowest BCUT2D eigenvalue weighted by Gasteiger charge is -2.23. The van der Waals surface area contributed by atoms with Crippen molar-refractivity contribution in [2.24, 2.45) is 0 Å². The van der Waals surface area contributed by atoms with E-state index in [1.807, 2.05) is 30.3 Å². The summed E-state index contributed by atoms with van der Waals surface area (Å²) in [5.74, 6) is 0.312. The summed E-state index contributed by atoms with van der Waals surface area (Å²) in [5.41, 5.74) is 0.110. The van der Waals surface area contributed by atoms with Gasteiger partial charge in [-0.25, -0.2) is 0 Å². The molecule has 0 aliphatic carbocycles. The van der Waals surface area contributed by atoms with Crippen LogP contribution in [-0.4, -0.2) is 23.7 Å². The molecule has 1 atom stereocenters. The Labute approximate surface area is 149 Å². The molecule has 0 spiro atoms. The van der Waals surface area contributed by atoms with Gasteiger partial charge in [-0.15, -0.1) is 0 Å². The van der Waals surface area contributed by atoms with Gasteiger partial charge in [0.05, 0.1) is 5.56 Å². The molecule has 0 fully saturated rings. The van der Waals surface area contributed by atoms with Gasteiger partial charge in [0.15, 0.2) is 0 Å². The van der Waals surface area contributed by atoms with Gasteiger partial charge in [-0.3, -0.25) is 0 Å². The molecule has 0 aromatic heterocycles. The van der Waals surface area contributed by atoms with Crippen molar-refractivity contribution in [3.8, 4) is 5.75 Å². The van der Waals surface area contributed by atoms with Gasteiger partial charge in [0.1, 0.15) is 11.9 Å². The first kappa shape index (κ1) is 19.2. The van der Waals surface area contributed by atoms with E-state index in [4.69, 9.17) is 4.74 Å². The van der Waals surface area contributed by atoms with E-state index in [0.717, 1.165) is 17.7 Å². The Hall–Kier alpha value is -2.15. The predicted molar refractivity (Wildman–Crippen MR) is 92.2 cm³/mol. The van der Waals surface area contributed by atoms with Crippen molar-refractivity contribution in [2.45, 2.75) is 18.7 Å². The first-order chi connectivity index (χ1) is 11.8. The Kier molecular flexibility index (Phi) is 6.36. The van der Waals surface area contributed by atoms with Crippen molar-refractivity contribution in [3.05, 3.63) is 65.7 Å². The molecule has 7 heteroatoms. The Morgan fingerprint density at radius 3 is 2.20 bits per heavy atom. The molecule has 0 amide bonds. The highest BCUT2D eigenvalue weighted by atomic mass is 32.1. The van der Waals surface area contributed by atoms with Crippen LogP contribution in [0.15, 0.2) is 54.6 Å². The van der Waals surface area contributed by atoms with E-state index in [0.29, 0.717) is 18.7 Å². The molecule has 0 saturated heterocycles. The molecule has 2 aromatic carbocycles. The first-order valence-electron chi connectivity index (χ1n) is 7.57. The first-order valence-corrected chi connectivity index (χ1v) is 7.97. The molecule has 1 unspecified atom stereocenters. The van der Waals surface area contributed by atoms with Crippen LogP contribution in [-0.2, 0) is 6.18 Å². The molecule has 0 bridgehead atoms. The second-order valence-corrected chi connectivity index (χ2v) is 5.84. The van der Waals surface area contributed by atoms with Crippen molar-refractivity contribution in [2.75, 3.05) is 13.6 Å². The maximum atomic E-state index is 13.0. The third-order valence-electron chi connectivity index (χ3n) is 3.66. The highest BCUT2D eigenvalue weighted by molar-refractivity contribution is 7.79. The molecule has 2 nitrogen and oxygen atoms in total. The van der Waals surface area contributed by atoms with E-state index < -0.39 is 23.1 Å². The fraction of sp³-hybridized carbons (Fsp3) is 0.278. The lowest BCUT2D eigenvalue weighted by Crippen LogP contribution is -2.25. The molecule has 2 aromatic rings. The molecule has 2 rings (SSSR count). The van der Waals surface area contributed by atoms with E-state index >= 15 is 0 Å². The third-order valence-corrected chi connectivity index (χ3v) is 3.97. The zero-order valence-corrected chi connectivity index (χ0v) is 14.3. The Bertz CT molecular complexity index is 688. The Morgan fingerprint density at radius 1 is 1.08 bits per heavy atom. The maximum Gasteiger partial charge on any atom is 0.416 e. The molecule has 0 N–H and O–H groups in total. The number of hydrogen-bond acceptors (Lipinski definition) is 2. The molecular formula is C18H17F4NOS. The van der Waals surface area contributed by atoms with E-state index in [1.165, 1.54) is 24.1 Å². The number of benzene rings is 2. The Morgan fingerprint density at radius 2 is 1.68 bits per heavy atom. The standard InChI is InChI=1S/C18H17F4NOS/c1-23(17(19)25)12-11-16(13-5-3-2-4-6-13)24-15-9-7-14(8-10-15)18(20,21)22/h2-10,16H,11-12H2,1H3. The van der Waals surface area contributed by atoms with Crippen LogP contribution in [0.5, 0.6) is 5.75 Å². The van der Waals surface area contributed by atoms with Gasteiger partial charge < -0.3 is 9.64 Å². The number of rotatable bonds is 6. The van der Waals surface area contributed by atoms with E-state index in [2.05, 4.69) is 12.2 Å². The summed E-state index contributed by atoms with van der Waals surface area (Å²) < 4.78 is 56.8. The van der Waals surface area contributed by atoms with Gasteiger partial charge in [0.2, 0.25) is 0 Å². The molecule has 134 valence electrons. The molecule has 0 radical (unpaired) electrons. The number of nitrogens with zero attached hydrogens (tertiary/aromatic N) is 1. The summed E-state index contributed by atoms with van der Waals surface area (Å²) in [7, 11) is 1.53. The SMILES string of the molecule is CN(CCC(Oc1ccc(C(F)(F)F)cc1)c1ccccc1)C(F)=S. The average Bonchev–Trinajstić information content (AvgIpc) is 2.58. The fourth-order valence-electron chi connectivity index (χ4n) is 2.25. The average molecular weight is 371 g/mol. The second kappa shape index (κ2) is 8.29. The van der Waals surface area contributed by atoms with Crippen molar-refractivity contribution < 1.29 is 22.3 Å². The van der Waals surface area contributed by atoms with Gasteiger partial charge in [-0.2, -0.15) is 17.6 Å². The zero-order chi connectivity index (χ0) is 18.4. The predicted octanol–water partition coefficient (Wildman–Crippen LogP) is 5.40. The van der Waals surface area contributed by atoms with Crippen molar-refractivity contribution >= 4 is 17.5 Å². The van der Waals surface area contributed by atoms with E-state index in [1.54, 1.807) is 0 Å². The molecule has 0 aliphatic rings. The number of ether oxygens (including phenoxy) is 1. The van der Waals surface area contributed by atoms with Crippen molar-refractivity contribution in [3.63, 3.8) is 0 Å². The lowest BCUT2D eigenvalue weighted by molar-refractivity contribution is -0.137. The van der Waals surface area contributed by atoms with Gasteiger partial charge in [0.25, 0.3) is 5.24 Å². The summed E-state index contributed by atoms with van der Waals surface area (Å²) in [6.45, 7) is 0.315. The summed E-state index contributed by atoms with van der Waals surface area (Å²) in [6.07, 6.45) is -4.41.